The molecule has 1 saturated carbocycles. The molecule has 1 heterocycles. The number of aromatic nitrogens is 2. The highest BCUT2D eigenvalue weighted by Gasteiger charge is 2.43. The molecule has 2 atom stereocenters. The van der Waals surface area contributed by atoms with E-state index in [1.807, 2.05) is 57.5 Å². The van der Waals surface area contributed by atoms with E-state index in [9.17, 15) is 9.59 Å². The summed E-state index contributed by atoms with van der Waals surface area (Å²) in [7, 11) is 3.59. The van der Waals surface area contributed by atoms with Crippen LogP contribution in [0.15, 0.2) is 30.3 Å². The molecule has 1 aliphatic carbocycles. The summed E-state index contributed by atoms with van der Waals surface area (Å²) in [5.74, 6) is 0.0412. The van der Waals surface area contributed by atoms with E-state index in [-0.39, 0.29) is 17.9 Å². The molecule has 0 unspecified atom stereocenters. The van der Waals surface area contributed by atoms with E-state index in [0.29, 0.717) is 16.6 Å². The highest BCUT2D eigenvalue weighted by molar-refractivity contribution is 8.00. The maximum absolute atomic E-state index is 13.6. The maximum atomic E-state index is 13.6. The highest BCUT2D eigenvalue weighted by Crippen LogP contribution is 2.34. The molecular formula is C24H35N5O2S2. The van der Waals surface area contributed by atoms with Gasteiger partial charge in [-0.1, -0.05) is 54.1 Å². The highest BCUT2D eigenvalue weighted by atomic mass is 32.2. The molecule has 3 rings (SSSR count). The van der Waals surface area contributed by atoms with Crippen molar-refractivity contribution in [2.24, 2.45) is 5.92 Å². The van der Waals surface area contributed by atoms with Gasteiger partial charge in [-0.3, -0.25) is 9.59 Å². The van der Waals surface area contributed by atoms with E-state index in [4.69, 9.17) is 0 Å². The number of hydrogen-bond donors (Lipinski definition) is 2. The van der Waals surface area contributed by atoms with Crippen molar-refractivity contribution in [3.63, 3.8) is 0 Å². The molecule has 9 heteroatoms. The minimum atomic E-state index is -0.662. The summed E-state index contributed by atoms with van der Waals surface area (Å²) in [6.45, 7) is 4.01. The molecule has 0 aliphatic heterocycles. The van der Waals surface area contributed by atoms with Crippen LogP contribution in [0.4, 0.5) is 5.00 Å². The molecule has 33 heavy (non-hydrogen) atoms. The van der Waals surface area contributed by atoms with Crippen molar-refractivity contribution in [2.75, 3.05) is 25.7 Å². The second kappa shape index (κ2) is 11.4. The first kappa shape index (κ1) is 25.6. The van der Waals surface area contributed by atoms with Crippen LogP contribution in [-0.2, 0) is 9.59 Å². The Labute approximate surface area is 205 Å². The van der Waals surface area contributed by atoms with Gasteiger partial charge in [0.15, 0.2) is 0 Å². The molecule has 0 saturated heterocycles. The summed E-state index contributed by atoms with van der Waals surface area (Å²) >= 11 is 2.72. The van der Waals surface area contributed by atoms with Crippen molar-refractivity contribution < 1.29 is 9.59 Å². The number of carbonyl (C=O) groups is 2. The van der Waals surface area contributed by atoms with E-state index in [1.165, 1.54) is 6.42 Å². The lowest BCUT2D eigenvalue weighted by atomic mass is 9.83. The summed E-state index contributed by atoms with van der Waals surface area (Å²) in [6.07, 6.45) is 7.59. The standard InChI is InChI=1S/C24H35N5O2S2/c1-24(2,32-5)20(29(4)23(31)19(25-3)17-14-10-7-11-15-17)21(30)26-22-18(27-28-33-22)16-12-8-6-9-13-16/h6,8-9,12-13,17,19-20,25H,7,10-11,14-15H2,1-5H3,(H,26,30)/t19-,20+/m0/s1. The van der Waals surface area contributed by atoms with Crippen molar-refractivity contribution in [3.05, 3.63) is 30.3 Å². The number of benzene rings is 1. The van der Waals surface area contributed by atoms with Crippen LogP contribution in [0, 0.1) is 5.92 Å². The minimum Gasteiger partial charge on any atom is -0.331 e. The Morgan fingerprint density at radius 3 is 2.45 bits per heavy atom. The largest absolute Gasteiger partial charge is 0.331 e. The molecule has 1 aromatic heterocycles. The zero-order valence-electron chi connectivity index (χ0n) is 20.1. The number of nitrogens with one attached hydrogen (secondary N) is 2. The van der Waals surface area contributed by atoms with Crippen LogP contribution in [0.25, 0.3) is 11.3 Å². The van der Waals surface area contributed by atoms with Crippen LogP contribution < -0.4 is 10.6 Å². The molecule has 1 aromatic carbocycles. The molecule has 0 radical (unpaired) electrons. The maximum Gasteiger partial charge on any atom is 0.249 e. The van der Waals surface area contributed by atoms with Crippen LogP contribution in [0.3, 0.4) is 0 Å². The van der Waals surface area contributed by atoms with Crippen molar-refractivity contribution in [1.29, 1.82) is 0 Å². The zero-order valence-corrected chi connectivity index (χ0v) is 21.8. The van der Waals surface area contributed by atoms with Crippen molar-refractivity contribution >= 4 is 40.1 Å². The molecule has 2 amide bonds. The second-order valence-corrected chi connectivity index (χ2v) is 11.3. The Morgan fingerprint density at radius 1 is 1.18 bits per heavy atom. The first-order valence-electron chi connectivity index (χ1n) is 11.5. The third kappa shape index (κ3) is 5.94. The normalized spacial score (nSPS) is 16.8. The summed E-state index contributed by atoms with van der Waals surface area (Å²) in [4.78, 5) is 28.9. The zero-order chi connectivity index (χ0) is 24.0. The van der Waals surface area contributed by atoms with E-state index >= 15 is 0 Å². The predicted octanol–water partition coefficient (Wildman–Crippen LogP) is 4.28. The van der Waals surface area contributed by atoms with E-state index in [1.54, 1.807) is 23.7 Å². The van der Waals surface area contributed by atoms with Gasteiger partial charge in [-0.05, 0) is 45.9 Å². The number of thioether (sulfide) groups is 1. The molecule has 1 aliphatic rings. The number of anilines is 1. The minimum absolute atomic E-state index is 0.0302. The fourth-order valence-electron chi connectivity index (χ4n) is 4.68. The Morgan fingerprint density at radius 2 is 1.85 bits per heavy atom. The van der Waals surface area contributed by atoms with Gasteiger partial charge < -0.3 is 15.5 Å². The number of amides is 2. The molecule has 0 bridgehead atoms. The third-order valence-electron chi connectivity index (χ3n) is 6.64. The molecule has 2 N–H and O–H groups in total. The third-order valence-corrected chi connectivity index (χ3v) is 8.55. The van der Waals surface area contributed by atoms with Crippen molar-refractivity contribution in [2.45, 2.75) is 62.8 Å². The van der Waals surface area contributed by atoms with Crippen molar-refractivity contribution in [3.8, 4) is 11.3 Å². The Balaban J connectivity index is 1.85. The molecule has 1 fully saturated rings. The average molecular weight is 490 g/mol. The lowest BCUT2D eigenvalue weighted by Crippen LogP contribution is -2.59. The first-order chi connectivity index (χ1) is 15.8. The van der Waals surface area contributed by atoms with E-state index < -0.39 is 10.8 Å². The van der Waals surface area contributed by atoms with Crippen LogP contribution in [-0.4, -0.2) is 63.5 Å². The van der Waals surface area contributed by atoms with Crippen LogP contribution in [0.2, 0.25) is 0 Å². The summed E-state index contributed by atoms with van der Waals surface area (Å²) in [5.41, 5.74) is 1.53. The SMILES string of the molecule is CN[C@H](C(=O)N(C)[C@H](C(=O)Nc1snnc1-c1ccccc1)C(C)(C)SC)C1CCCCC1. The van der Waals surface area contributed by atoms with Gasteiger partial charge in [-0.2, -0.15) is 11.8 Å². The average Bonchev–Trinajstić information content (AvgIpc) is 3.28. The van der Waals surface area contributed by atoms with Crippen LogP contribution in [0.1, 0.15) is 46.0 Å². The first-order valence-corrected chi connectivity index (χ1v) is 13.5. The van der Waals surface area contributed by atoms with Crippen molar-refractivity contribution in [1.82, 2.24) is 19.8 Å². The number of rotatable bonds is 9. The monoisotopic (exact) mass is 489 g/mol. The summed E-state index contributed by atoms with van der Waals surface area (Å²) < 4.78 is 3.56. The molecule has 7 nitrogen and oxygen atoms in total. The summed E-state index contributed by atoms with van der Waals surface area (Å²) in [5, 5.41) is 11.1. The van der Waals surface area contributed by atoms with E-state index in [2.05, 4.69) is 20.2 Å². The topological polar surface area (TPSA) is 87.2 Å². The number of nitrogens with zero attached hydrogens (tertiary/aromatic N) is 3. The molecular weight excluding hydrogens is 454 g/mol. The van der Waals surface area contributed by atoms with Crippen LogP contribution in [0.5, 0.6) is 0 Å². The smallest absolute Gasteiger partial charge is 0.249 e. The number of carbonyl (C=O) groups excluding carboxylic acids is 2. The number of likely N-dealkylation sites (N-methyl/N-ethyl adjacent to an activating group) is 2. The Kier molecular flexibility index (Phi) is 8.89. The fraction of sp³-hybridized carbons (Fsp3) is 0.583. The van der Waals surface area contributed by atoms with Gasteiger partial charge >= 0.3 is 0 Å². The predicted molar refractivity (Wildman–Crippen MR) is 138 cm³/mol. The lowest BCUT2D eigenvalue weighted by molar-refractivity contribution is -0.141. The van der Waals surface area contributed by atoms with E-state index in [0.717, 1.165) is 42.8 Å². The van der Waals surface area contributed by atoms with Gasteiger partial charge in [0.1, 0.15) is 16.7 Å². The van der Waals surface area contributed by atoms with Crippen LogP contribution >= 0.6 is 23.3 Å². The lowest BCUT2D eigenvalue weighted by Gasteiger charge is -2.40. The van der Waals surface area contributed by atoms with Gasteiger partial charge in [0.2, 0.25) is 11.8 Å². The summed E-state index contributed by atoms with van der Waals surface area (Å²) in [6, 6.07) is 8.72. The van der Waals surface area contributed by atoms with Gasteiger partial charge in [-0.15, -0.1) is 5.10 Å². The molecule has 0 spiro atoms. The Hall–Kier alpha value is -1.97. The Bertz CT molecular complexity index is 928. The van der Waals surface area contributed by atoms with Gasteiger partial charge in [0.05, 0.1) is 6.04 Å². The van der Waals surface area contributed by atoms with Gasteiger partial charge in [0.25, 0.3) is 0 Å². The molecule has 180 valence electrons. The second-order valence-electron chi connectivity index (χ2n) is 9.13. The van der Waals surface area contributed by atoms with Gasteiger partial charge in [0, 0.05) is 28.9 Å². The van der Waals surface area contributed by atoms with Gasteiger partial charge in [-0.25, -0.2) is 0 Å². The quantitative estimate of drug-likeness (QED) is 0.547. The molecule has 2 aromatic rings. The number of hydrogen-bond acceptors (Lipinski definition) is 7. The fourth-order valence-corrected chi connectivity index (χ4v) is 5.77.